The van der Waals surface area contributed by atoms with Crippen LogP contribution >= 0.6 is 24.0 Å². The Labute approximate surface area is 214 Å². The van der Waals surface area contributed by atoms with Gasteiger partial charge in [-0.3, -0.25) is 9.78 Å². The normalized spacial score (nSPS) is 14.9. The lowest BCUT2D eigenvalue weighted by molar-refractivity contribution is 0.0856. The van der Waals surface area contributed by atoms with Crippen molar-refractivity contribution in [1.29, 1.82) is 0 Å². The third-order valence-corrected chi connectivity index (χ3v) is 6.44. The van der Waals surface area contributed by atoms with E-state index in [4.69, 9.17) is 21.1 Å². The summed E-state index contributed by atoms with van der Waals surface area (Å²) in [6.45, 7) is 1.92. The van der Waals surface area contributed by atoms with Gasteiger partial charge >= 0.3 is 0 Å². The predicted molar refractivity (Wildman–Crippen MR) is 138 cm³/mol. The number of nitrogens with one attached hydrogen (secondary N) is 1. The Kier molecular flexibility index (Phi) is 7.35. The zero-order chi connectivity index (χ0) is 23.8. The lowest BCUT2D eigenvalue weighted by Crippen LogP contribution is -2.28. The Bertz CT molecular complexity index is 1360. The minimum absolute atomic E-state index is 0. The number of methoxy groups -OCH3 is 1. The average molecular weight is 516 g/mol. The van der Waals surface area contributed by atoms with E-state index in [1.807, 2.05) is 38.5 Å². The van der Waals surface area contributed by atoms with Crippen LogP contribution in [0, 0.1) is 5.92 Å². The van der Waals surface area contributed by atoms with E-state index in [-0.39, 0.29) is 24.1 Å². The van der Waals surface area contributed by atoms with Crippen molar-refractivity contribution in [3.8, 4) is 22.9 Å². The molecule has 0 aliphatic carbocycles. The van der Waals surface area contributed by atoms with Crippen molar-refractivity contribution in [2.75, 3.05) is 34.4 Å². The first-order valence-electron chi connectivity index (χ1n) is 11.1. The lowest BCUT2D eigenvalue weighted by atomic mass is 9.90. The van der Waals surface area contributed by atoms with E-state index in [2.05, 4.69) is 24.6 Å². The molecule has 0 fully saturated rings. The smallest absolute Gasteiger partial charge is 0.218 e. The van der Waals surface area contributed by atoms with Crippen LogP contribution < -0.4 is 9.47 Å². The summed E-state index contributed by atoms with van der Waals surface area (Å²) in [7, 11) is 5.65. The molecule has 0 amide bonds. The van der Waals surface area contributed by atoms with Crippen molar-refractivity contribution in [2.24, 2.45) is 5.92 Å². The number of hydrogen-bond acceptors (Lipinski definition) is 6. The first-order valence-corrected chi connectivity index (χ1v) is 11.5. The van der Waals surface area contributed by atoms with Gasteiger partial charge in [0.2, 0.25) is 5.88 Å². The minimum Gasteiger partial charge on any atom is -0.493 e. The second kappa shape index (κ2) is 10.3. The number of benzene rings is 1. The Morgan fingerprint density at radius 3 is 2.91 bits per heavy atom. The quantitative estimate of drug-likeness (QED) is 0.364. The highest BCUT2D eigenvalue weighted by Crippen LogP contribution is 2.34. The number of Topliss-reactive ketones (excluding diaryl/α,β-unsaturated/α-hetero) is 1. The number of pyridine rings is 1. The summed E-state index contributed by atoms with van der Waals surface area (Å²) in [5, 5.41) is 8.37. The summed E-state index contributed by atoms with van der Waals surface area (Å²) < 4.78 is 13.4. The number of aromatic nitrogens is 4. The summed E-state index contributed by atoms with van der Waals surface area (Å²) >= 11 is 6.17. The first kappa shape index (κ1) is 25.0. The van der Waals surface area contributed by atoms with E-state index in [1.165, 1.54) is 0 Å². The Balaban J connectivity index is 0.00000289. The second-order valence-corrected chi connectivity index (χ2v) is 9.21. The standard InChI is InChI=1S/C25H26ClN5O3.ClH/c1-30(2)6-7-31-13-20(24(32)16-8-15-9-17(26)4-5-23(15)34-14-16)18-11-27-21(10-22(18)31)19-12-28-29-25(19)33-3;/h4-5,9-13,16H,6-8,14H2,1-3H3,(H,28,29);1H. The molecule has 0 bridgehead atoms. The monoisotopic (exact) mass is 515 g/mol. The van der Waals surface area contributed by atoms with E-state index in [1.54, 1.807) is 25.6 Å². The number of fused-ring (bicyclic) bond motifs is 2. The Morgan fingerprint density at radius 1 is 1.31 bits per heavy atom. The first-order chi connectivity index (χ1) is 16.4. The zero-order valence-corrected chi connectivity index (χ0v) is 21.3. The van der Waals surface area contributed by atoms with Crippen LogP contribution in [-0.4, -0.2) is 64.8 Å². The molecule has 1 aromatic carbocycles. The van der Waals surface area contributed by atoms with Gasteiger partial charge in [0, 0.05) is 41.5 Å². The molecule has 0 saturated carbocycles. The third-order valence-electron chi connectivity index (χ3n) is 6.20. The minimum atomic E-state index is -0.285. The van der Waals surface area contributed by atoms with E-state index >= 15 is 0 Å². The summed E-state index contributed by atoms with van der Waals surface area (Å²) in [5.41, 5.74) is 4.06. The van der Waals surface area contributed by atoms with Crippen LogP contribution in [0.2, 0.25) is 5.02 Å². The summed E-state index contributed by atoms with van der Waals surface area (Å²) in [4.78, 5) is 20.4. The number of H-pyrrole nitrogens is 1. The number of hydrogen-bond donors (Lipinski definition) is 1. The molecular weight excluding hydrogens is 489 g/mol. The summed E-state index contributed by atoms with van der Waals surface area (Å²) in [6, 6.07) is 7.53. The van der Waals surface area contributed by atoms with Gasteiger partial charge in [0.15, 0.2) is 5.78 Å². The van der Waals surface area contributed by atoms with Crippen LogP contribution in [0.5, 0.6) is 11.6 Å². The Hall–Kier alpha value is -3.07. The number of carbonyl (C=O) groups is 1. The number of ether oxygens (including phenoxy) is 2. The highest BCUT2D eigenvalue weighted by Gasteiger charge is 2.29. The number of ketones is 1. The van der Waals surface area contributed by atoms with E-state index < -0.39 is 0 Å². The van der Waals surface area contributed by atoms with Gasteiger partial charge in [0.05, 0.1) is 42.6 Å². The fourth-order valence-corrected chi connectivity index (χ4v) is 4.58. The predicted octanol–water partition coefficient (Wildman–Crippen LogP) is 4.51. The molecule has 4 heterocycles. The van der Waals surface area contributed by atoms with Crippen molar-refractivity contribution in [3.63, 3.8) is 0 Å². The molecule has 0 spiro atoms. The number of rotatable bonds is 7. The number of halogens is 2. The number of aromatic amines is 1. The zero-order valence-electron chi connectivity index (χ0n) is 19.7. The second-order valence-electron chi connectivity index (χ2n) is 8.77. The average Bonchev–Trinajstić information content (AvgIpc) is 3.46. The summed E-state index contributed by atoms with van der Waals surface area (Å²) in [6.07, 6.45) is 6.00. The fourth-order valence-electron chi connectivity index (χ4n) is 4.38. The molecular formula is C25H27Cl2N5O3. The maximum absolute atomic E-state index is 13.7. The number of carbonyl (C=O) groups excluding carboxylic acids is 1. The third kappa shape index (κ3) is 4.87. The maximum atomic E-state index is 13.7. The fraction of sp³-hybridized carbons (Fsp3) is 0.320. The molecule has 8 nitrogen and oxygen atoms in total. The molecule has 0 saturated heterocycles. The van der Waals surface area contributed by atoms with E-state index in [0.717, 1.165) is 46.6 Å². The van der Waals surface area contributed by atoms with Gasteiger partial charge in [-0.25, -0.2) is 5.10 Å². The molecule has 1 aliphatic rings. The van der Waals surface area contributed by atoms with Gasteiger partial charge < -0.3 is 18.9 Å². The van der Waals surface area contributed by atoms with Crippen LogP contribution in [-0.2, 0) is 13.0 Å². The van der Waals surface area contributed by atoms with Crippen molar-refractivity contribution < 1.29 is 14.3 Å². The van der Waals surface area contributed by atoms with E-state index in [9.17, 15) is 4.79 Å². The molecule has 3 aromatic heterocycles. The summed E-state index contributed by atoms with van der Waals surface area (Å²) in [5.74, 6) is 1.11. The largest absolute Gasteiger partial charge is 0.493 e. The van der Waals surface area contributed by atoms with Crippen molar-refractivity contribution in [1.82, 2.24) is 24.6 Å². The molecule has 184 valence electrons. The Morgan fingerprint density at radius 2 is 2.14 bits per heavy atom. The highest BCUT2D eigenvalue weighted by atomic mass is 35.5. The van der Waals surface area contributed by atoms with Gasteiger partial charge in [0.1, 0.15) is 5.75 Å². The van der Waals surface area contributed by atoms with Gasteiger partial charge in [0.25, 0.3) is 0 Å². The van der Waals surface area contributed by atoms with Crippen molar-refractivity contribution in [3.05, 3.63) is 59.0 Å². The highest BCUT2D eigenvalue weighted by molar-refractivity contribution is 6.30. The van der Waals surface area contributed by atoms with Crippen molar-refractivity contribution in [2.45, 2.75) is 13.0 Å². The van der Waals surface area contributed by atoms with Crippen LogP contribution in [0.1, 0.15) is 15.9 Å². The van der Waals surface area contributed by atoms with Crippen LogP contribution in [0.3, 0.4) is 0 Å². The molecule has 10 heteroatoms. The van der Waals surface area contributed by atoms with Crippen LogP contribution in [0.4, 0.5) is 0 Å². The molecule has 4 aromatic rings. The van der Waals surface area contributed by atoms with Gasteiger partial charge in [-0.05, 0) is 50.3 Å². The van der Waals surface area contributed by atoms with E-state index in [0.29, 0.717) is 29.5 Å². The van der Waals surface area contributed by atoms with Gasteiger partial charge in [-0.1, -0.05) is 11.6 Å². The molecule has 5 rings (SSSR count). The molecule has 1 N–H and O–H groups in total. The molecule has 1 aliphatic heterocycles. The number of nitrogens with zero attached hydrogens (tertiary/aromatic N) is 4. The topological polar surface area (TPSA) is 85.3 Å². The molecule has 35 heavy (non-hydrogen) atoms. The SMILES string of the molecule is COc1[nH]ncc1-c1cc2c(cn1)c(C(=O)C1COc3ccc(Cl)cc3C1)cn2CCN(C)C.Cl. The van der Waals surface area contributed by atoms with Crippen molar-refractivity contribution >= 4 is 40.7 Å². The maximum Gasteiger partial charge on any atom is 0.218 e. The van der Waals surface area contributed by atoms with Gasteiger partial charge in [-0.2, -0.15) is 5.10 Å². The lowest BCUT2D eigenvalue weighted by Gasteiger charge is -2.24. The molecule has 1 atom stereocenters. The van der Waals surface area contributed by atoms with Crippen LogP contribution in [0.25, 0.3) is 22.2 Å². The van der Waals surface area contributed by atoms with Crippen LogP contribution in [0.15, 0.2) is 42.9 Å². The molecule has 1 unspecified atom stereocenters. The number of likely N-dealkylation sites (N-methyl/N-ethyl adjacent to an activating group) is 1. The molecule has 0 radical (unpaired) electrons. The van der Waals surface area contributed by atoms with Gasteiger partial charge in [-0.15, -0.1) is 12.4 Å².